The van der Waals surface area contributed by atoms with Crippen LogP contribution in [-0.4, -0.2) is 11.6 Å². The SMILES string of the molecule is CC1CC=C2C3=C(CCC21C)C1(C)CCC(=O)C=C1CC3.CCCC(C)=O. The number of carbonyl (C=O) groups is 2. The van der Waals surface area contributed by atoms with E-state index in [1.807, 2.05) is 13.0 Å². The van der Waals surface area contributed by atoms with Gasteiger partial charge in [0.15, 0.2) is 5.78 Å². The van der Waals surface area contributed by atoms with E-state index in [1.54, 1.807) is 23.6 Å². The summed E-state index contributed by atoms with van der Waals surface area (Å²) in [7, 11) is 0. The van der Waals surface area contributed by atoms with Crippen LogP contribution in [0, 0.1) is 16.7 Å². The first-order valence-corrected chi connectivity index (χ1v) is 10.9. The fraction of sp³-hybridized carbons (Fsp3) is 0.680. The Hall–Kier alpha value is -1.44. The minimum Gasteiger partial charge on any atom is -0.300 e. The molecule has 0 amide bonds. The molecule has 2 nitrogen and oxygen atoms in total. The van der Waals surface area contributed by atoms with Crippen molar-refractivity contribution in [1.29, 1.82) is 0 Å². The molecule has 4 aliphatic carbocycles. The molecule has 0 aromatic heterocycles. The summed E-state index contributed by atoms with van der Waals surface area (Å²) >= 11 is 0. The zero-order chi connectivity index (χ0) is 19.8. The number of ketones is 2. The standard InChI is InChI=1S/C20H26O.C5H10O/c1-13-4-7-17-16-6-5-14-12-15(21)8-10-20(14,3)18(16)9-11-19(13,17)2;1-3-4-5(2)6/h7,12-13H,4-6,8-11H2,1-3H3;3-4H2,1-2H3. The number of allylic oxidation sites excluding steroid dienone is 6. The molecule has 0 heterocycles. The van der Waals surface area contributed by atoms with E-state index in [2.05, 4.69) is 26.8 Å². The van der Waals surface area contributed by atoms with Crippen LogP contribution in [-0.2, 0) is 9.59 Å². The number of fused-ring (bicyclic) bond motifs is 4. The van der Waals surface area contributed by atoms with Crippen LogP contribution in [0.2, 0.25) is 0 Å². The molecule has 0 spiro atoms. The van der Waals surface area contributed by atoms with Crippen LogP contribution < -0.4 is 0 Å². The normalized spacial score (nSPS) is 34.6. The van der Waals surface area contributed by atoms with Crippen LogP contribution in [0.3, 0.4) is 0 Å². The Morgan fingerprint density at radius 1 is 1.15 bits per heavy atom. The lowest BCUT2D eigenvalue weighted by molar-refractivity contribution is -0.117. The first-order valence-electron chi connectivity index (χ1n) is 10.9. The van der Waals surface area contributed by atoms with E-state index in [0.29, 0.717) is 11.2 Å². The largest absolute Gasteiger partial charge is 0.300 e. The molecule has 0 aliphatic heterocycles. The van der Waals surface area contributed by atoms with Crippen LogP contribution in [0.1, 0.15) is 92.4 Å². The summed E-state index contributed by atoms with van der Waals surface area (Å²) < 4.78 is 0. The highest BCUT2D eigenvalue weighted by atomic mass is 16.1. The van der Waals surface area contributed by atoms with E-state index in [0.717, 1.165) is 44.4 Å². The molecule has 0 fully saturated rings. The van der Waals surface area contributed by atoms with Crippen molar-refractivity contribution in [2.24, 2.45) is 16.7 Å². The third kappa shape index (κ3) is 3.52. The van der Waals surface area contributed by atoms with Gasteiger partial charge in [-0.2, -0.15) is 0 Å². The number of hydrogen-bond donors (Lipinski definition) is 0. The van der Waals surface area contributed by atoms with Gasteiger partial charge < -0.3 is 4.79 Å². The van der Waals surface area contributed by atoms with Gasteiger partial charge in [-0.3, -0.25) is 4.79 Å². The summed E-state index contributed by atoms with van der Waals surface area (Å²) in [6.45, 7) is 10.9. The van der Waals surface area contributed by atoms with E-state index in [1.165, 1.54) is 24.8 Å². The highest BCUT2D eigenvalue weighted by Crippen LogP contribution is 2.61. The van der Waals surface area contributed by atoms with Gasteiger partial charge >= 0.3 is 0 Å². The van der Waals surface area contributed by atoms with Gasteiger partial charge in [0.2, 0.25) is 0 Å². The summed E-state index contributed by atoms with van der Waals surface area (Å²) in [6.07, 6.45) is 14.1. The predicted octanol–water partition coefficient (Wildman–Crippen LogP) is 6.51. The monoisotopic (exact) mass is 368 g/mol. The zero-order valence-corrected chi connectivity index (χ0v) is 17.9. The molecule has 0 N–H and O–H groups in total. The lowest BCUT2D eigenvalue weighted by atomic mass is 9.55. The molecule has 2 heteroatoms. The van der Waals surface area contributed by atoms with Crippen molar-refractivity contribution < 1.29 is 9.59 Å². The number of Topliss-reactive ketones (excluding diaryl/α,β-unsaturated/α-hetero) is 1. The lowest BCUT2D eigenvalue weighted by Crippen LogP contribution is -2.37. The molecule has 4 rings (SSSR count). The third-order valence-electron chi connectivity index (χ3n) is 7.79. The average molecular weight is 369 g/mol. The average Bonchev–Trinajstić information content (AvgIpc) is 2.91. The molecule has 148 valence electrons. The second kappa shape index (κ2) is 7.53. The number of hydrogen-bond acceptors (Lipinski definition) is 2. The van der Waals surface area contributed by atoms with E-state index in [-0.39, 0.29) is 11.2 Å². The fourth-order valence-electron chi connectivity index (χ4n) is 5.76. The molecule has 4 aliphatic rings. The predicted molar refractivity (Wildman–Crippen MR) is 111 cm³/mol. The number of carbonyl (C=O) groups excluding carboxylic acids is 2. The van der Waals surface area contributed by atoms with Crippen molar-refractivity contribution in [2.75, 3.05) is 0 Å². The fourth-order valence-corrected chi connectivity index (χ4v) is 5.76. The molecular weight excluding hydrogens is 332 g/mol. The highest BCUT2D eigenvalue weighted by molar-refractivity contribution is 5.92. The molecule has 3 atom stereocenters. The molecule has 27 heavy (non-hydrogen) atoms. The quantitative estimate of drug-likeness (QED) is 0.556. The highest BCUT2D eigenvalue weighted by Gasteiger charge is 2.49. The van der Waals surface area contributed by atoms with Gasteiger partial charge in [0.05, 0.1) is 0 Å². The van der Waals surface area contributed by atoms with Crippen molar-refractivity contribution in [3.63, 3.8) is 0 Å². The Kier molecular flexibility index (Phi) is 5.66. The minimum atomic E-state index is 0.190. The second-order valence-electron chi connectivity index (χ2n) is 9.55. The molecule has 3 unspecified atom stereocenters. The van der Waals surface area contributed by atoms with Gasteiger partial charge in [0.1, 0.15) is 5.78 Å². The van der Waals surface area contributed by atoms with Gasteiger partial charge in [-0.1, -0.05) is 44.9 Å². The van der Waals surface area contributed by atoms with Crippen molar-refractivity contribution in [1.82, 2.24) is 0 Å². The maximum absolute atomic E-state index is 11.8. The van der Waals surface area contributed by atoms with Gasteiger partial charge in [-0.25, -0.2) is 0 Å². The summed E-state index contributed by atoms with van der Waals surface area (Å²) in [5.74, 6) is 1.43. The van der Waals surface area contributed by atoms with E-state index in [9.17, 15) is 9.59 Å². The molecule has 0 saturated carbocycles. The van der Waals surface area contributed by atoms with Crippen molar-refractivity contribution in [3.8, 4) is 0 Å². The van der Waals surface area contributed by atoms with Gasteiger partial charge in [0, 0.05) is 18.3 Å². The third-order valence-corrected chi connectivity index (χ3v) is 7.79. The van der Waals surface area contributed by atoms with Crippen LogP contribution in [0.5, 0.6) is 0 Å². The Morgan fingerprint density at radius 2 is 1.89 bits per heavy atom. The number of rotatable bonds is 2. The first-order chi connectivity index (χ1) is 12.7. The van der Waals surface area contributed by atoms with Crippen molar-refractivity contribution in [2.45, 2.75) is 92.4 Å². The van der Waals surface area contributed by atoms with Gasteiger partial charge in [-0.15, -0.1) is 0 Å². The Labute approximate surface area is 165 Å². The van der Waals surface area contributed by atoms with Crippen LogP contribution in [0.15, 0.2) is 34.4 Å². The smallest absolute Gasteiger partial charge is 0.155 e. The molecule has 0 aromatic carbocycles. The Bertz CT molecular complexity index is 735. The summed E-state index contributed by atoms with van der Waals surface area (Å²) in [4.78, 5) is 21.8. The maximum atomic E-state index is 11.8. The molecule has 0 saturated heterocycles. The van der Waals surface area contributed by atoms with Crippen LogP contribution >= 0.6 is 0 Å². The maximum Gasteiger partial charge on any atom is 0.155 e. The van der Waals surface area contributed by atoms with Crippen LogP contribution in [0.25, 0.3) is 0 Å². The molecular formula is C25H36O2. The van der Waals surface area contributed by atoms with Crippen molar-refractivity contribution in [3.05, 3.63) is 34.4 Å². The lowest BCUT2D eigenvalue weighted by Gasteiger charge is -2.49. The van der Waals surface area contributed by atoms with Crippen LogP contribution in [0.4, 0.5) is 0 Å². The molecule has 0 aromatic rings. The van der Waals surface area contributed by atoms with E-state index >= 15 is 0 Å². The second-order valence-corrected chi connectivity index (χ2v) is 9.55. The molecule has 0 bridgehead atoms. The van der Waals surface area contributed by atoms with E-state index < -0.39 is 0 Å². The van der Waals surface area contributed by atoms with Gasteiger partial charge in [0.25, 0.3) is 0 Å². The summed E-state index contributed by atoms with van der Waals surface area (Å²) in [5, 5.41) is 0. The van der Waals surface area contributed by atoms with E-state index in [4.69, 9.17) is 0 Å². The first kappa shape index (κ1) is 20.3. The zero-order valence-electron chi connectivity index (χ0n) is 17.9. The topological polar surface area (TPSA) is 34.1 Å². The Morgan fingerprint density at radius 3 is 2.52 bits per heavy atom. The minimum absolute atomic E-state index is 0.190. The van der Waals surface area contributed by atoms with Gasteiger partial charge in [-0.05, 0) is 80.4 Å². The summed E-state index contributed by atoms with van der Waals surface area (Å²) in [5.41, 5.74) is 7.07. The van der Waals surface area contributed by atoms with Crippen molar-refractivity contribution >= 4 is 11.6 Å². The molecule has 0 radical (unpaired) electrons. The Balaban J connectivity index is 0.000000307. The summed E-state index contributed by atoms with van der Waals surface area (Å²) in [6, 6.07) is 0.